The number of halogens is 1. The number of rotatable bonds is 2. The maximum absolute atomic E-state index is 13.2. The molecule has 0 saturated carbocycles. The van der Waals surface area contributed by atoms with Crippen LogP contribution in [0.25, 0.3) is 0 Å². The van der Waals surface area contributed by atoms with Gasteiger partial charge in [-0.15, -0.1) is 0 Å². The van der Waals surface area contributed by atoms with E-state index in [1.165, 1.54) is 6.07 Å². The molecule has 0 bridgehead atoms. The summed E-state index contributed by atoms with van der Waals surface area (Å²) in [7, 11) is 1.62. The fraction of sp³-hybridized carbons (Fsp3) is 0.500. The van der Waals surface area contributed by atoms with E-state index in [0.29, 0.717) is 0 Å². The van der Waals surface area contributed by atoms with Crippen LogP contribution in [0.2, 0.25) is 0 Å². The van der Waals surface area contributed by atoms with Gasteiger partial charge in [0.15, 0.2) is 0 Å². The second-order valence-electron chi connectivity index (χ2n) is 4.21. The van der Waals surface area contributed by atoms with Crippen LogP contribution in [0.1, 0.15) is 25.3 Å². The molecule has 0 aromatic heterocycles. The van der Waals surface area contributed by atoms with E-state index >= 15 is 0 Å². The van der Waals surface area contributed by atoms with Crippen molar-refractivity contribution in [3.63, 3.8) is 0 Å². The summed E-state index contributed by atoms with van der Waals surface area (Å²) < 4.78 is 18.5. The second-order valence-corrected chi connectivity index (χ2v) is 4.21. The maximum atomic E-state index is 13.2. The molecule has 2 nitrogen and oxygen atoms in total. The number of methoxy groups -OCH3 is 1. The highest BCUT2D eigenvalue weighted by molar-refractivity contribution is 5.39. The fourth-order valence-corrected chi connectivity index (χ4v) is 2.24. The molecule has 1 N–H and O–H groups in total. The lowest BCUT2D eigenvalue weighted by Crippen LogP contribution is -2.33. The van der Waals surface area contributed by atoms with Crippen molar-refractivity contribution in [2.45, 2.75) is 25.3 Å². The van der Waals surface area contributed by atoms with Gasteiger partial charge in [-0.3, -0.25) is 0 Å². The largest absolute Gasteiger partial charge is 0.496 e. The molecule has 0 aliphatic carbocycles. The summed E-state index contributed by atoms with van der Waals surface area (Å²) >= 11 is 0. The zero-order valence-corrected chi connectivity index (χ0v) is 9.14. The van der Waals surface area contributed by atoms with Crippen LogP contribution < -0.4 is 10.1 Å². The van der Waals surface area contributed by atoms with E-state index in [1.807, 2.05) is 0 Å². The van der Waals surface area contributed by atoms with Crippen LogP contribution >= 0.6 is 0 Å². The summed E-state index contributed by atoms with van der Waals surface area (Å²) in [6.07, 6.45) is 2.14. The molecule has 0 spiro atoms. The molecule has 15 heavy (non-hydrogen) atoms. The number of hydrogen-bond donors (Lipinski definition) is 1. The van der Waals surface area contributed by atoms with E-state index in [1.54, 1.807) is 19.2 Å². The molecule has 1 aromatic rings. The minimum Gasteiger partial charge on any atom is -0.496 e. The molecular weight excluding hydrogens is 193 g/mol. The molecule has 0 radical (unpaired) electrons. The molecule has 1 fully saturated rings. The Labute approximate surface area is 89.4 Å². The Kier molecular flexibility index (Phi) is 2.65. The topological polar surface area (TPSA) is 21.3 Å². The Bertz CT molecular complexity index is 359. The molecule has 2 rings (SSSR count). The Balaban J connectivity index is 2.44. The molecule has 1 heterocycles. The van der Waals surface area contributed by atoms with Crippen LogP contribution in [0, 0.1) is 5.82 Å². The Morgan fingerprint density at radius 2 is 2.27 bits per heavy atom. The van der Waals surface area contributed by atoms with E-state index in [0.717, 1.165) is 30.7 Å². The van der Waals surface area contributed by atoms with Crippen molar-refractivity contribution in [2.75, 3.05) is 13.7 Å². The van der Waals surface area contributed by atoms with Crippen LogP contribution in [-0.4, -0.2) is 13.7 Å². The first-order chi connectivity index (χ1) is 7.15. The normalized spacial score (nSPS) is 25.5. The summed E-state index contributed by atoms with van der Waals surface area (Å²) in [5, 5.41) is 3.40. The second kappa shape index (κ2) is 3.81. The highest BCUT2D eigenvalue weighted by Gasteiger charge is 2.32. The van der Waals surface area contributed by atoms with Gasteiger partial charge in [0.25, 0.3) is 0 Å². The molecule has 1 unspecified atom stereocenters. The lowest BCUT2D eigenvalue weighted by molar-refractivity contribution is 0.368. The summed E-state index contributed by atoms with van der Waals surface area (Å²) in [6, 6.07) is 4.69. The molecule has 1 aromatic carbocycles. The lowest BCUT2D eigenvalue weighted by atomic mass is 9.90. The van der Waals surface area contributed by atoms with Gasteiger partial charge in [0.05, 0.1) is 7.11 Å². The predicted molar refractivity (Wildman–Crippen MR) is 57.5 cm³/mol. The summed E-state index contributed by atoms with van der Waals surface area (Å²) in [4.78, 5) is 0. The third-order valence-corrected chi connectivity index (χ3v) is 3.12. The zero-order chi connectivity index (χ0) is 10.9. The summed E-state index contributed by atoms with van der Waals surface area (Å²) in [5.74, 6) is 0.550. The fourth-order valence-electron chi connectivity index (χ4n) is 2.24. The van der Waals surface area contributed by atoms with Gasteiger partial charge in [-0.2, -0.15) is 0 Å². The number of ether oxygens (including phenoxy) is 1. The van der Waals surface area contributed by atoms with Crippen LogP contribution in [0.15, 0.2) is 18.2 Å². The van der Waals surface area contributed by atoms with Gasteiger partial charge in [0.2, 0.25) is 0 Å². The van der Waals surface area contributed by atoms with Crippen molar-refractivity contribution in [1.82, 2.24) is 5.32 Å². The number of nitrogens with one attached hydrogen (secondary N) is 1. The van der Waals surface area contributed by atoms with Crippen LogP contribution in [-0.2, 0) is 5.54 Å². The highest BCUT2D eigenvalue weighted by atomic mass is 19.1. The van der Waals surface area contributed by atoms with Gasteiger partial charge in [-0.25, -0.2) is 4.39 Å². The van der Waals surface area contributed by atoms with Gasteiger partial charge in [-0.05, 0) is 44.5 Å². The quantitative estimate of drug-likeness (QED) is 0.807. The SMILES string of the molecule is COc1ccc(F)cc1C1(C)CCCN1. The number of hydrogen-bond acceptors (Lipinski definition) is 2. The zero-order valence-electron chi connectivity index (χ0n) is 9.14. The van der Waals surface area contributed by atoms with Crippen LogP contribution in [0.4, 0.5) is 4.39 Å². The van der Waals surface area contributed by atoms with Crippen molar-refractivity contribution in [2.24, 2.45) is 0 Å². The molecular formula is C12H16FNO. The molecule has 1 atom stereocenters. The third kappa shape index (κ3) is 1.84. The maximum Gasteiger partial charge on any atom is 0.124 e. The van der Waals surface area contributed by atoms with E-state index in [-0.39, 0.29) is 11.4 Å². The average molecular weight is 209 g/mol. The Morgan fingerprint density at radius 3 is 2.87 bits per heavy atom. The van der Waals surface area contributed by atoms with E-state index in [4.69, 9.17) is 4.74 Å². The van der Waals surface area contributed by atoms with E-state index in [2.05, 4.69) is 12.2 Å². The standard InChI is InChI=1S/C12H16FNO/c1-12(6-3-7-14-12)10-8-9(13)4-5-11(10)15-2/h4-5,8,14H,3,6-7H2,1-2H3. The van der Waals surface area contributed by atoms with Gasteiger partial charge < -0.3 is 10.1 Å². The Morgan fingerprint density at radius 1 is 1.47 bits per heavy atom. The summed E-state index contributed by atoms with van der Waals surface area (Å²) in [6.45, 7) is 3.08. The first-order valence-corrected chi connectivity index (χ1v) is 5.25. The van der Waals surface area contributed by atoms with E-state index < -0.39 is 0 Å². The van der Waals surface area contributed by atoms with Gasteiger partial charge in [0, 0.05) is 11.1 Å². The monoisotopic (exact) mass is 209 g/mol. The predicted octanol–water partition coefficient (Wildman–Crippen LogP) is 2.43. The van der Waals surface area contributed by atoms with Gasteiger partial charge in [0.1, 0.15) is 11.6 Å². The van der Waals surface area contributed by atoms with Crippen LogP contribution in [0.3, 0.4) is 0 Å². The van der Waals surface area contributed by atoms with Crippen LogP contribution in [0.5, 0.6) is 5.75 Å². The molecule has 1 aliphatic rings. The van der Waals surface area contributed by atoms with E-state index in [9.17, 15) is 4.39 Å². The first-order valence-electron chi connectivity index (χ1n) is 5.25. The van der Waals surface area contributed by atoms with Crippen molar-refractivity contribution < 1.29 is 9.13 Å². The average Bonchev–Trinajstić information content (AvgIpc) is 2.66. The van der Waals surface area contributed by atoms with Crippen molar-refractivity contribution in [3.8, 4) is 5.75 Å². The highest BCUT2D eigenvalue weighted by Crippen LogP contribution is 2.36. The third-order valence-electron chi connectivity index (χ3n) is 3.12. The van der Waals surface area contributed by atoms with Gasteiger partial charge >= 0.3 is 0 Å². The minimum absolute atomic E-state index is 0.145. The molecule has 1 saturated heterocycles. The smallest absolute Gasteiger partial charge is 0.124 e. The molecule has 1 aliphatic heterocycles. The first kappa shape index (κ1) is 10.4. The van der Waals surface area contributed by atoms with Crippen molar-refractivity contribution in [1.29, 1.82) is 0 Å². The molecule has 82 valence electrons. The van der Waals surface area contributed by atoms with Crippen molar-refractivity contribution >= 4 is 0 Å². The molecule has 3 heteroatoms. The molecule has 0 amide bonds. The number of benzene rings is 1. The Hall–Kier alpha value is -1.09. The minimum atomic E-state index is -0.208. The van der Waals surface area contributed by atoms with Gasteiger partial charge in [-0.1, -0.05) is 0 Å². The lowest BCUT2D eigenvalue weighted by Gasteiger charge is -2.26. The van der Waals surface area contributed by atoms with Crippen molar-refractivity contribution in [3.05, 3.63) is 29.6 Å². The summed E-state index contributed by atoms with van der Waals surface area (Å²) in [5.41, 5.74) is 0.774.